The molecule has 1 aliphatic carbocycles. The number of carbonyl (C=O) groups excluding carboxylic acids is 1. The number of nitrogens with zero attached hydrogens (tertiary/aromatic N) is 3. The molecule has 7 nitrogen and oxygen atoms in total. The van der Waals surface area contributed by atoms with Gasteiger partial charge >= 0.3 is 0 Å². The zero-order valence-corrected chi connectivity index (χ0v) is 16.3. The van der Waals surface area contributed by atoms with E-state index in [2.05, 4.69) is 15.9 Å². The topological polar surface area (TPSA) is 75.9 Å². The van der Waals surface area contributed by atoms with Gasteiger partial charge in [0, 0.05) is 60.9 Å². The van der Waals surface area contributed by atoms with Gasteiger partial charge in [-0.05, 0) is 44.0 Å². The smallest absolute Gasteiger partial charge is 0.238 e. The molecule has 6 rings (SSSR count). The number of allylic oxidation sites excluding steroid dienone is 2. The van der Waals surface area contributed by atoms with Crippen molar-refractivity contribution in [3.05, 3.63) is 44.9 Å². The number of piperidine rings is 3. The fourth-order valence-electron chi connectivity index (χ4n) is 5.90. The number of likely N-dealkylation sites (N-methyl/N-ethyl adjacent to an activating group) is 1. The summed E-state index contributed by atoms with van der Waals surface area (Å²) in [5, 5.41) is 11.6. The highest BCUT2D eigenvalue weighted by molar-refractivity contribution is 5.59. The van der Waals surface area contributed by atoms with Crippen LogP contribution in [0.25, 0.3) is 0 Å². The van der Waals surface area contributed by atoms with Crippen LogP contribution in [0.2, 0.25) is 0 Å². The molecule has 2 bridgehead atoms. The fraction of sp³-hybridized carbons (Fsp3) is 0.667. The summed E-state index contributed by atoms with van der Waals surface area (Å²) in [6, 6.07) is -0.717. The summed E-state index contributed by atoms with van der Waals surface area (Å²) in [6.07, 6.45) is 9.10. The number of ether oxygens (including phenoxy) is 1. The van der Waals surface area contributed by atoms with Gasteiger partial charge in [0.05, 0.1) is 0 Å². The van der Waals surface area contributed by atoms with Gasteiger partial charge in [-0.3, -0.25) is 15.0 Å². The SMILES string of the molecule is CN1CC(C2=CC(C=O)CCC2[N+](=O)[O-])=CC2=C1OC1(C2)CN2CCC1CC2. The average molecular weight is 385 g/mol. The van der Waals surface area contributed by atoms with Crippen molar-refractivity contribution in [1.82, 2.24) is 9.80 Å². The molecular formula is C21H27N3O4. The first kappa shape index (κ1) is 17.9. The molecule has 0 N–H and O–H groups in total. The fourth-order valence-corrected chi connectivity index (χ4v) is 5.90. The third kappa shape index (κ3) is 2.70. The van der Waals surface area contributed by atoms with Gasteiger partial charge in [-0.2, -0.15) is 0 Å². The molecule has 0 amide bonds. The number of nitro groups is 1. The van der Waals surface area contributed by atoms with Crippen LogP contribution < -0.4 is 0 Å². The minimum absolute atomic E-state index is 0.129. The molecule has 3 unspecified atom stereocenters. The van der Waals surface area contributed by atoms with Crippen molar-refractivity contribution in [2.24, 2.45) is 11.8 Å². The lowest BCUT2D eigenvalue weighted by atomic mass is 9.73. The Morgan fingerprint density at radius 1 is 1.29 bits per heavy atom. The van der Waals surface area contributed by atoms with E-state index in [0.717, 1.165) is 41.9 Å². The van der Waals surface area contributed by atoms with Gasteiger partial charge in [0.15, 0.2) is 5.88 Å². The molecule has 0 saturated carbocycles. The minimum atomic E-state index is -0.717. The van der Waals surface area contributed by atoms with E-state index >= 15 is 0 Å². The van der Waals surface area contributed by atoms with Crippen molar-refractivity contribution < 1.29 is 14.5 Å². The lowest BCUT2D eigenvalue weighted by molar-refractivity contribution is -0.513. The van der Waals surface area contributed by atoms with E-state index in [1.165, 1.54) is 25.9 Å². The molecule has 150 valence electrons. The molecule has 5 heterocycles. The van der Waals surface area contributed by atoms with Crippen molar-refractivity contribution in [1.29, 1.82) is 0 Å². The number of aldehydes is 1. The zero-order valence-electron chi connectivity index (χ0n) is 16.3. The second-order valence-corrected chi connectivity index (χ2v) is 9.05. The molecule has 3 saturated heterocycles. The van der Waals surface area contributed by atoms with E-state index in [0.29, 0.717) is 25.3 Å². The quantitative estimate of drug-likeness (QED) is 0.421. The van der Waals surface area contributed by atoms with E-state index in [-0.39, 0.29) is 16.4 Å². The Balaban J connectivity index is 1.47. The number of hydrogen-bond donors (Lipinski definition) is 0. The van der Waals surface area contributed by atoms with Gasteiger partial charge in [-0.15, -0.1) is 0 Å². The Bertz CT molecular complexity index is 808. The molecule has 1 spiro atoms. The Kier molecular flexibility index (Phi) is 4.12. The summed E-state index contributed by atoms with van der Waals surface area (Å²) in [6.45, 7) is 3.91. The molecule has 6 aliphatic rings. The normalized spacial score (nSPS) is 39.4. The second-order valence-electron chi connectivity index (χ2n) is 9.05. The number of fused-ring (bicyclic) bond motifs is 2. The number of hydrogen-bond acceptors (Lipinski definition) is 6. The van der Waals surface area contributed by atoms with E-state index in [9.17, 15) is 14.9 Å². The van der Waals surface area contributed by atoms with Gasteiger partial charge < -0.3 is 14.4 Å². The Morgan fingerprint density at radius 3 is 2.71 bits per heavy atom. The van der Waals surface area contributed by atoms with E-state index < -0.39 is 6.04 Å². The molecule has 0 aromatic carbocycles. The summed E-state index contributed by atoms with van der Waals surface area (Å²) in [4.78, 5) is 27.3. The van der Waals surface area contributed by atoms with Crippen LogP contribution in [-0.2, 0) is 9.53 Å². The maximum Gasteiger partial charge on any atom is 0.238 e. The van der Waals surface area contributed by atoms with Crippen LogP contribution in [0.3, 0.4) is 0 Å². The zero-order chi connectivity index (χ0) is 19.5. The Morgan fingerprint density at radius 2 is 2.07 bits per heavy atom. The van der Waals surface area contributed by atoms with Crippen LogP contribution in [0.5, 0.6) is 0 Å². The van der Waals surface area contributed by atoms with Gasteiger partial charge in [-0.25, -0.2) is 0 Å². The van der Waals surface area contributed by atoms with Crippen LogP contribution in [0.15, 0.2) is 34.8 Å². The van der Waals surface area contributed by atoms with E-state index in [1.54, 1.807) is 0 Å². The molecule has 28 heavy (non-hydrogen) atoms. The molecular weight excluding hydrogens is 358 g/mol. The predicted molar refractivity (Wildman–Crippen MR) is 103 cm³/mol. The summed E-state index contributed by atoms with van der Waals surface area (Å²) >= 11 is 0. The summed E-state index contributed by atoms with van der Waals surface area (Å²) < 4.78 is 6.60. The highest BCUT2D eigenvalue weighted by Gasteiger charge is 2.53. The third-order valence-corrected chi connectivity index (χ3v) is 7.32. The first-order chi connectivity index (χ1) is 13.5. The standard InChI is InChI=1S/C21H27N3O4/c1-22-11-16(18-8-14(12-25)2-3-19(18)24(26)27)9-15-10-21(28-20(15)22)13-23-6-4-17(21)5-7-23/h8-9,12,14,17,19H,2-7,10-11,13H2,1H3. The first-order valence-corrected chi connectivity index (χ1v) is 10.4. The van der Waals surface area contributed by atoms with Crippen LogP contribution in [-0.4, -0.2) is 65.9 Å². The van der Waals surface area contributed by atoms with Crippen molar-refractivity contribution in [3.8, 4) is 0 Å². The van der Waals surface area contributed by atoms with Crippen LogP contribution in [0.4, 0.5) is 0 Å². The molecule has 3 atom stereocenters. The van der Waals surface area contributed by atoms with Gasteiger partial charge in [0.2, 0.25) is 6.04 Å². The largest absolute Gasteiger partial charge is 0.470 e. The molecule has 0 aromatic rings. The summed E-state index contributed by atoms with van der Waals surface area (Å²) in [5.74, 6) is 1.31. The lowest BCUT2D eigenvalue weighted by Crippen LogP contribution is -2.59. The maximum atomic E-state index is 11.6. The predicted octanol–water partition coefficient (Wildman–Crippen LogP) is 2.14. The van der Waals surface area contributed by atoms with E-state index in [4.69, 9.17) is 4.74 Å². The second kappa shape index (κ2) is 6.44. The van der Waals surface area contributed by atoms with Gasteiger partial charge in [-0.1, -0.05) is 6.08 Å². The summed E-state index contributed by atoms with van der Waals surface area (Å²) in [7, 11) is 2.00. The van der Waals surface area contributed by atoms with Crippen LogP contribution in [0, 0.1) is 22.0 Å². The van der Waals surface area contributed by atoms with Crippen molar-refractivity contribution >= 4 is 6.29 Å². The monoisotopic (exact) mass is 385 g/mol. The molecule has 0 radical (unpaired) electrons. The highest BCUT2D eigenvalue weighted by atomic mass is 16.6. The summed E-state index contributed by atoms with van der Waals surface area (Å²) in [5.41, 5.74) is 2.72. The highest BCUT2D eigenvalue weighted by Crippen LogP contribution is 2.50. The molecule has 5 aliphatic heterocycles. The molecule has 3 fully saturated rings. The minimum Gasteiger partial charge on any atom is -0.470 e. The van der Waals surface area contributed by atoms with Gasteiger partial charge in [0.1, 0.15) is 11.9 Å². The van der Waals surface area contributed by atoms with Crippen molar-refractivity contribution in [2.45, 2.75) is 43.7 Å². The molecule has 7 heteroatoms. The number of rotatable bonds is 3. The average Bonchev–Trinajstić information content (AvgIpc) is 3.06. The van der Waals surface area contributed by atoms with Crippen molar-refractivity contribution in [3.63, 3.8) is 0 Å². The molecule has 0 aromatic heterocycles. The van der Waals surface area contributed by atoms with Gasteiger partial charge in [0.25, 0.3) is 0 Å². The third-order valence-electron chi connectivity index (χ3n) is 7.32. The Labute approximate surface area is 164 Å². The lowest BCUT2D eigenvalue weighted by Gasteiger charge is -2.51. The maximum absolute atomic E-state index is 11.6. The van der Waals surface area contributed by atoms with Crippen LogP contribution in [0.1, 0.15) is 32.1 Å². The van der Waals surface area contributed by atoms with Crippen LogP contribution >= 0.6 is 0 Å². The number of carbonyl (C=O) groups is 1. The Hall–Kier alpha value is -2.15. The van der Waals surface area contributed by atoms with Crippen molar-refractivity contribution in [2.75, 3.05) is 33.2 Å². The first-order valence-electron chi connectivity index (χ1n) is 10.4. The van der Waals surface area contributed by atoms with E-state index in [1.807, 2.05) is 13.1 Å².